The van der Waals surface area contributed by atoms with E-state index >= 15 is 0 Å². The number of nitrogens with zero attached hydrogens (tertiary/aromatic N) is 1. The van der Waals surface area contributed by atoms with Gasteiger partial charge in [-0.3, -0.25) is 0 Å². The molecule has 0 atom stereocenters. The van der Waals surface area contributed by atoms with E-state index in [0.717, 1.165) is 10.7 Å². The third-order valence-corrected chi connectivity index (χ3v) is 5.64. The molecule has 2 aromatic rings. The first kappa shape index (κ1) is 16.4. The summed E-state index contributed by atoms with van der Waals surface area (Å²) in [6.07, 6.45) is 0.542. The van der Waals surface area contributed by atoms with Crippen LogP contribution in [0.15, 0.2) is 28.5 Å². The Balaban J connectivity index is 2.02. The van der Waals surface area contributed by atoms with E-state index in [-0.39, 0.29) is 23.1 Å². The topological polar surface area (TPSA) is 79.3 Å². The minimum Gasteiger partial charge on any atom is -0.392 e. The average Bonchev–Trinajstić information content (AvgIpc) is 2.84. The molecule has 0 saturated heterocycles. The van der Waals surface area contributed by atoms with Crippen LogP contribution < -0.4 is 4.72 Å². The number of nitrogens with one attached hydrogen (secondary N) is 1. The van der Waals surface area contributed by atoms with Crippen LogP contribution in [0.4, 0.5) is 0 Å². The van der Waals surface area contributed by atoms with Crippen molar-refractivity contribution in [3.05, 3.63) is 44.9 Å². The molecule has 1 heterocycles. The Morgan fingerprint density at radius 3 is 2.76 bits per heavy atom. The number of aliphatic hydroxyl groups excluding tert-OH is 1. The molecule has 5 nitrogen and oxygen atoms in total. The maximum Gasteiger partial charge on any atom is 0.240 e. The van der Waals surface area contributed by atoms with Crippen LogP contribution >= 0.6 is 22.9 Å². The number of rotatable bonds is 6. The summed E-state index contributed by atoms with van der Waals surface area (Å²) in [4.78, 5) is 4.36. The lowest BCUT2D eigenvalue weighted by Gasteiger charge is -2.08. The number of hydrogen-bond acceptors (Lipinski definition) is 5. The van der Waals surface area contributed by atoms with Crippen molar-refractivity contribution in [3.63, 3.8) is 0 Å². The summed E-state index contributed by atoms with van der Waals surface area (Å²) >= 11 is 7.42. The first-order valence-corrected chi connectivity index (χ1v) is 8.96. The minimum atomic E-state index is -3.61. The summed E-state index contributed by atoms with van der Waals surface area (Å²) in [5.74, 6) is 0. The van der Waals surface area contributed by atoms with Crippen molar-refractivity contribution in [2.24, 2.45) is 0 Å². The molecular weight excluding hydrogens is 332 g/mol. The van der Waals surface area contributed by atoms with E-state index in [4.69, 9.17) is 16.7 Å². The molecule has 0 spiro atoms. The van der Waals surface area contributed by atoms with E-state index in [1.807, 2.05) is 12.3 Å². The molecule has 2 rings (SSSR count). The molecule has 8 heteroatoms. The zero-order chi connectivity index (χ0) is 15.5. The Morgan fingerprint density at radius 2 is 2.19 bits per heavy atom. The highest BCUT2D eigenvalue weighted by molar-refractivity contribution is 7.89. The number of halogens is 1. The molecule has 0 saturated carbocycles. The highest BCUT2D eigenvalue weighted by Gasteiger charge is 2.15. The molecule has 0 fully saturated rings. The molecule has 1 aromatic carbocycles. The molecule has 0 amide bonds. The fraction of sp³-hybridized carbons (Fsp3) is 0.308. The van der Waals surface area contributed by atoms with Gasteiger partial charge in [0.25, 0.3) is 0 Å². The van der Waals surface area contributed by atoms with Crippen LogP contribution in [-0.2, 0) is 23.1 Å². The quantitative estimate of drug-likeness (QED) is 0.839. The van der Waals surface area contributed by atoms with E-state index in [0.29, 0.717) is 12.0 Å². The molecule has 0 unspecified atom stereocenters. The summed E-state index contributed by atoms with van der Waals surface area (Å²) < 4.78 is 26.8. The molecule has 0 radical (unpaired) electrons. The Labute approximate surface area is 132 Å². The highest BCUT2D eigenvalue weighted by atomic mass is 35.5. The molecular formula is C13H15ClN2O3S2. The van der Waals surface area contributed by atoms with Crippen LogP contribution in [0.25, 0.3) is 0 Å². The Morgan fingerprint density at radius 1 is 1.43 bits per heavy atom. The van der Waals surface area contributed by atoms with Gasteiger partial charge in [-0.2, -0.15) is 0 Å². The smallest absolute Gasteiger partial charge is 0.240 e. The van der Waals surface area contributed by atoms with Gasteiger partial charge in [0.2, 0.25) is 10.0 Å². The normalized spacial score (nSPS) is 11.8. The molecule has 114 valence electrons. The number of aliphatic hydroxyl groups is 1. The minimum absolute atomic E-state index is 0.0834. The zero-order valence-corrected chi connectivity index (χ0v) is 13.7. The van der Waals surface area contributed by atoms with Gasteiger partial charge in [0.15, 0.2) is 0 Å². The summed E-state index contributed by atoms with van der Waals surface area (Å²) in [5.41, 5.74) is 1.43. The first-order chi connectivity index (χ1) is 9.92. The lowest BCUT2D eigenvalue weighted by Crippen LogP contribution is -2.26. The van der Waals surface area contributed by atoms with Crippen LogP contribution in [0, 0.1) is 6.92 Å². The molecule has 0 aliphatic carbocycles. The summed E-state index contributed by atoms with van der Waals surface area (Å²) in [6, 6.07) is 4.26. The third kappa shape index (κ3) is 4.24. The molecule has 21 heavy (non-hydrogen) atoms. The SMILES string of the molecule is Cc1csc(CCNS(=O)(=O)c2ccc(CO)c(Cl)c2)n1. The van der Waals surface area contributed by atoms with Crippen molar-refractivity contribution < 1.29 is 13.5 Å². The standard InChI is InChI=1S/C13H15ClN2O3S2/c1-9-8-20-13(16-9)4-5-15-21(18,19)11-3-2-10(7-17)12(14)6-11/h2-3,6,8,15,17H,4-5,7H2,1H3. The second-order valence-corrected chi connectivity index (χ2v) is 7.56. The lowest BCUT2D eigenvalue weighted by molar-refractivity contribution is 0.282. The fourth-order valence-electron chi connectivity index (χ4n) is 1.72. The van der Waals surface area contributed by atoms with Crippen molar-refractivity contribution >= 4 is 33.0 Å². The number of aromatic nitrogens is 1. The van der Waals surface area contributed by atoms with Gasteiger partial charge in [-0.05, 0) is 24.6 Å². The fourth-order valence-corrected chi connectivity index (χ4v) is 3.86. The summed E-state index contributed by atoms with van der Waals surface area (Å²) in [7, 11) is -3.61. The average molecular weight is 347 g/mol. The van der Waals surface area contributed by atoms with E-state index in [9.17, 15) is 8.42 Å². The van der Waals surface area contributed by atoms with Crippen molar-refractivity contribution in [1.82, 2.24) is 9.71 Å². The van der Waals surface area contributed by atoms with Gasteiger partial charge in [0.1, 0.15) is 0 Å². The predicted molar refractivity (Wildman–Crippen MR) is 83.1 cm³/mol. The van der Waals surface area contributed by atoms with Crippen molar-refractivity contribution in [2.45, 2.75) is 24.8 Å². The highest BCUT2D eigenvalue weighted by Crippen LogP contribution is 2.20. The van der Waals surface area contributed by atoms with Gasteiger partial charge in [-0.15, -0.1) is 11.3 Å². The van der Waals surface area contributed by atoms with Gasteiger partial charge < -0.3 is 5.11 Å². The van der Waals surface area contributed by atoms with Gasteiger partial charge >= 0.3 is 0 Å². The zero-order valence-electron chi connectivity index (χ0n) is 11.3. The molecule has 0 aliphatic rings. The third-order valence-electron chi connectivity index (χ3n) is 2.80. The van der Waals surface area contributed by atoms with E-state index < -0.39 is 10.0 Å². The lowest BCUT2D eigenvalue weighted by atomic mass is 10.2. The van der Waals surface area contributed by atoms with Gasteiger partial charge in [0, 0.05) is 29.1 Å². The van der Waals surface area contributed by atoms with Crippen LogP contribution in [0.1, 0.15) is 16.3 Å². The van der Waals surface area contributed by atoms with Gasteiger partial charge in [-0.1, -0.05) is 17.7 Å². The predicted octanol–water partition coefficient (Wildman–Crippen LogP) is 2.12. The number of thiazole rings is 1. The largest absolute Gasteiger partial charge is 0.392 e. The number of benzene rings is 1. The Bertz CT molecular complexity index is 729. The molecule has 2 N–H and O–H groups in total. The summed E-state index contributed by atoms with van der Waals surface area (Å²) in [5, 5.41) is 12.1. The second-order valence-electron chi connectivity index (χ2n) is 4.44. The first-order valence-electron chi connectivity index (χ1n) is 6.22. The maximum atomic E-state index is 12.1. The summed E-state index contributed by atoms with van der Waals surface area (Å²) in [6.45, 7) is 1.94. The van der Waals surface area contributed by atoms with Crippen LogP contribution in [0.2, 0.25) is 5.02 Å². The molecule has 0 aliphatic heterocycles. The van der Waals surface area contributed by atoms with E-state index in [1.165, 1.54) is 29.5 Å². The Kier molecular flexibility index (Phi) is 5.34. The number of aryl methyl sites for hydroxylation is 1. The Hall–Kier alpha value is -0.990. The van der Waals surface area contributed by atoms with Crippen molar-refractivity contribution in [2.75, 3.05) is 6.54 Å². The van der Waals surface area contributed by atoms with E-state index in [2.05, 4.69) is 9.71 Å². The number of hydrogen-bond donors (Lipinski definition) is 2. The van der Waals surface area contributed by atoms with Crippen molar-refractivity contribution in [1.29, 1.82) is 0 Å². The number of sulfonamides is 1. The van der Waals surface area contributed by atoms with Gasteiger partial charge in [-0.25, -0.2) is 18.1 Å². The van der Waals surface area contributed by atoms with Gasteiger partial charge in [0.05, 0.1) is 16.5 Å². The maximum absolute atomic E-state index is 12.1. The second kappa shape index (κ2) is 6.85. The van der Waals surface area contributed by atoms with Crippen LogP contribution in [-0.4, -0.2) is 25.1 Å². The molecule has 0 bridgehead atoms. The monoisotopic (exact) mass is 346 g/mol. The van der Waals surface area contributed by atoms with Crippen LogP contribution in [0.3, 0.4) is 0 Å². The van der Waals surface area contributed by atoms with Crippen molar-refractivity contribution in [3.8, 4) is 0 Å². The van der Waals surface area contributed by atoms with E-state index in [1.54, 1.807) is 0 Å². The molecule has 1 aromatic heterocycles. The van der Waals surface area contributed by atoms with Crippen LogP contribution in [0.5, 0.6) is 0 Å².